The second-order valence-corrected chi connectivity index (χ2v) is 4.90. The van der Waals surface area contributed by atoms with Crippen LogP contribution >= 0.6 is 0 Å². The van der Waals surface area contributed by atoms with Gasteiger partial charge in [-0.15, -0.1) is 0 Å². The Labute approximate surface area is 123 Å². The number of hydrogen-bond acceptors (Lipinski definition) is 5. The summed E-state index contributed by atoms with van der Waals surface area (Å²) in [4.78, 5) is 22.9. The Kier molecular flexibility index (Phi) is 5.16. The normalized spacial score (nSPS) is 14.2. The van der Waals surface area contributed by atoms with Crippen molar-refractivity contribution < 1.29 is 24.2 Å². The number of aliphatic hydroxyl groups is 1. The molecule has 0 fully saturated rings. The highest BCUT2D eigenvalue weighted by molar-refractivity contribution is 5.85. The van der Waals surface area contributed by atoms with Crippen LogP contribution in [0.1, 0.15) is 17.5 Å². The first kappa shape index (κ1) is 15.3. The van der Waals surface area contributed by atoms with Crippen LogP contribution in [0.2, 0.25) is 0 Å². The highest BCUT2D eigenvalue weighted by Gasteiger charge is 2.20. The topological polar surface area (TPSA) is 84.9 Å². The van der Waals surface area contributed by atoms with E-state index in [0.29, 0.717) is 5.75 Å². The Morgan fingerprint density at radius 3 is 2.81 bits per heavy atom. The standard InChI is InChI=1S/C15H19NO5/c1-20-15(19)13(8-17)16-14(18)9-21-12-6-5-10-3-2-4-11(10)7-12/h5-7,13,17H,2-4,8-9H2,1H3,(H,16,18). The van der Waals surface area contributed by atoms with Gasteiger partial charge >= 0.3 is 5.97 Å². The fourth-order valence-corrected chi connectivity index (χ4v) is 2.34. The summed E-state index contributed by atoms with van der Waals surface area (Å²) in [6.45, 7) is -0.733. The van der Waals surface area contributed by atoms with Crippen molar-refractivity contribution in [2.45, 2.75) is 25.3 Å². The summed E-state index contributed by atoms with van der Waals surface area (Å²) in [6.07, 6.45) is 3.28. The Hall–Kier alpha value is -2.08. The maximum atomic E-state index is 11.7. The maximum Gasteiger partial charge on any atom is 0.330 e. The summed E-state index contributed by atoms with van der Waals surface area (Å²) in [5.74, 6) is -0.548. The van der Waals surface area contributed by atoms with Gasteiger partial charge in [0.05, 0.1) is 13.7 Å². The molecular weight excluding hydrogens is 274 g/mol. The molecule has 114 valence electrons. The van der Waals surface area contributed by atoms with Crippen LogP contribution in [0.3, 0.4) is 0 Å². The van der Waals surface area contributed by atoms with E-state index in [9.17, 15) is 9.59 Å². The molecule has 1 unspecified atom stereocenters. The Bertz CT molecular complexity index is 529. The van der Waals surface area contributed by atoms with Gasteiger partial charge in [-0.2, -0.15) is 0 Å². The zero-order valence-electron chi connectivity index (χ0n) is 11.9. The summed E-state index contributed by atoms with van der Waals surface area (Å²) in [7, 11) is 1.19. The van der Waals surface area contributed by atoms with Gasteiger partial charge < -0.3 is 19.9 Å². The second-order valence-electron chi connectivity index (χ2n) is 4.90. The van der Waals surface area contributed by atoms with Crippen LogP contribution in [0.4, 0.5) is 0 Å². The lowest BCUT2D eigenvalue weighted by molar-refractivity contribution is -0.146. The summed E-state index contributed by atoms with van der Waals surface area (Å²) < 4.78 is 9.87. The van der Waals surface area contributed by atoms with E-state index < -0.39 is 24.5 Å². The van der Waals surface area contributed by atoms with Crippen molar-refractivity contribution >= 4 is 11.9 Å². The molecule has 0 bridgehead atoms. The molecule has 0 aromatic heterocycles. The molecule has 0 heterocycles. The van der Waals surface area contributed by atoms with Crippen molar-refractivity contribution in [3.8, 4) is 5.75 Å². The fraction of sp³-hybridized carbons (Fsp3) is 0.467. The fourth-order valence-electron chi connectivity index (χ4n) is 2.34. The van der Waals surface area contributed by atoms with Gasteiger partial charge in [-0.3, -0.25) is 4.79 Å². The number of nitrogens with one attached hydrogen (secondary N) is 1. The number of methoxy groups -OCH3 is 1. The number of ether oxygens (including phenoxy) is 2. The van der Waals surface area contributed by atoms with Crippen molar-refractivity contribution in [2.75, 3.05) is 20.3 Å². The SMILES string of the molecule is COC(=O)C(CO)NC(=O)COc1ccc2c(c1)CCC2. The lowest BCUT2D eigenvalue weighted by atomic mass is 10.1. The molecule has 0 saturated heterocycles. The number of amides is 1. The number of aliphatic hydroxyl groups excluding tert-OH is 1. The van der Waals surface area contributed by atoms with Gasteiger partial charge in [0, 0.05) is 0 Å². The van der Waals surface area contributed by atoms with E-state index in [0.717, 1.165) is 19.3 Å². The number of benzene rings is 1. The first-order chi connectivity index (χ1) is 10.1. The number of fused-ring (bicyclic) bond motifs is 1. The molecule has 1 amide bonds. The molecule has 0 spiro atoms. The molecule has 0 saturated carbocycles. The van der Waals surface area contributed by atoms with Gasteiger partial charge in [0.15, 0.2) is 12.6 Å². The van der Waals surface area contributed by atoms with Gasteiger partial charge in [-0.05, 0) is 42.5 Å². The third-order valence-electron chi connectivity index (χ3n) is 3.44. The van der Waals surface area contributed by atoms with Gasteiger partial charge in [0.2, 0.25) is 0 Å². The van der Waals surface area contributed by atoms with Gasteiger partial charge in [-0.25, -0.2) is 4.79 Å². The molecule has 1 aromatic rings. The summed E-state index contributed by atoms with van der Waals surface area (Å²) in [5, 5.41) is 11.4. The number of carbonyl (C=O) groups is 2. The van der Waals surface area contributed by atoms with Crippen molar-refractivity contribution in [2.24, 2.45) is 0 Å². The minimum absolute atomic E-state index is 0.216. The van der Waals surface area contributed by atoms with Crippen LogP contribution in [0.25, 0.3) is 0 Å². The quantitative estimate of drug-likeness (QED) is 0.732. The van der Waals surface area contributed by atoms with Crippen LogP contribution in [0, 0.1) is 0 Å². The van der Waals surface area contributed by atoms with Crippen LogP contribution in [0.5, 0.6) is 5.75 Å². The van der Waals surface area contributed by atoms with Crippen LogP contribution in [-0.2, 0) is 27.2 Å². The van der Waals surface area contributed by atoms with Gasteiger partial charge in [0.1, 0.15) is 5.75 Å². The number of rotatable bonds is 6. The molecule has 1 aromatic carbocycles. The van der Waals surface area contributed by atoms with Gasteiger partial charge in [-0.1, -0.05) is 6.07 Å². The zero-order chi connectivity index (χ0) is 15.2. The van der Waals surface area contributed by atoms with Crippen LogP contribution in [-0.4, -0.2) is 43.3 Å². The second kappa shape index (κ2) is 7.08. The molecule has 2 N–H and O–H groups in total. The molecule has 0 aliphatic heterocycles. The van der Waals surface area contributed by atoms with Crippen molar-refractivity contribution in [3.05, 3.63) is 29.3 Å². The van der Waals surface area contributed by atoms with Crippen LogP contribution in [0.15, 0.2) is 18.2 Å². The van der Waals surface area contributed by atoms with E-state index in [1.807, 2.05) is 18.2 Å². The number of esters is 1. The first-order valence-corrected chi connectivity index (χ1v) is 6.86. The molecule has 6 nitrogen and oxygen atoms in total. The monoisotopic (exact) mass is 293 g/mol. The number of hydrogen-bond donors (Lipinski definition) is 2. The molecule has 1 aliphatic carbocycles. The molecule has 21 heavy (non-hydrogen) atoms. The van der Waals surface area contributed by atoms with E-state index in [1.54, 1.807) is 0 Å². The summed E-state index contributed by atoms with van der Waals surface area (Å²) in [5.41, 5.74) is 2.59. The first-order valence-electron chi connectivity index (χ1n) is 6.86. The zero-order valence-corrected chi connectivity index (χ0v) is 11.9. The van der Waals surface area contributed by atoms with Crippen molar-refractivity contribution in [1.29, 1.82) is 0 Å². The Morgan fingerprint density at radius 1 is 1.33 bits per heavy atom. The maximum absolute atomic E-state index is 11.7. The van der Waals surface area contributed by atoms with E-state index in [1.165, 1.54) is 18.2 Å². The average molecular weight is 293 g/mol. The molecule has 1 atom stereocenters. The van der Waals surface area contributed by atoms with E-state index in [-0.39, 0.29) is 6.61 Å². The number of aryl methyl sites for hydroxylation is 2. The van der Waals surface area contributed by atoms with Crippen molar-refractivity contribution in [3.63, 3.8) is 0 Å². The largest absolute Gasteiger partial charge is 0.484 e. The Morgan fingerprint density at radius 2 is 2.10 bits per heavy atom. The number of carbonyl (C=O) groups excluding carboxylic acids is 2. The predicted molar refractivity (Wildman–Crippen MR) is 75.0 cm³/mol. The van der Waals surface area contributed by atoms with Crippen LogP contribution < -0.4 is 10.1 Å². The molecule has 1 aliphatic rings. The average Bonchev–Trinajstić information content (AvgIpc) is 2.97. The lowest BCUT2D eigenvalue weighted by Gasteiger charge is -2.14. The van der Waals surface area contributed by atoms with Gasteiger partial charge in [0.25, 0.3) is 5.91 Å². The highest BCUT2D eigenvalue weighted by atomic mass is 16.5. The summed E-state index contributed by atoms with van der Waals surface area (Å²) in [6, 6.07) is 4.73. The van der Waals surface area contributed by atoms with Crippen molar-refractivity contribution in [1.82, 2.24) is 5.32 Å². The molecule has 6 heteroatoms. The summed E-state index contributed by atoms with van der Waals surface area (Å²) >= 11 is 0. The van der Waals surface area contributed by atoms with E-state index >= 15 is 0 Å². The third kappa shape index (κ3) is 3.95. The van der Waals surface area contributed by atoms with E-state index in [2.05, 4.69) is 10.1 Å². The molecule has 2 rings (SSSR count). The predicted octanol–water partition coefficient (Wildman–Crippen LogP) is 0.204. The molecule has 0 radical (unpaired) electrons. The smallest absolute Gasteiger partial charge is 0.330 e. The minimum Gasteiger partial charge on any atom is -0.484 e. The molecular formula is C15H19NO5. The Balaban J connectivity index is 1.85. The lowest BCUT2D eigenvalue weighted by Crippen LogP contribution is -2.45. The highest BCUT2D eigenvalue weighted by Crippen LogP contribution is 2.25. The van der Waals surface area contributed by atoms with E-state index in [4.69, 9.17) is 9.84 Å². The third-order valence-corrected chi connectivity index (χ3v) is 3.44. The minimum atomic E-state index is -1.06.